The highest BCUT2D eigenvalue weighted by Gasteiger charge is 2.30. The molecule has 2 N–H and O–H groups in total. The summed E-state index contributed by atoms with van der Waals surface area (Å²) in [6, 6.07) is 25.1. The maximum atomic E-state index is 13.1. The van der Waals surface area contributed by atoms with Gasteiger partial charge in [0.15, 0.2) is 0 Å². The van der Waals surface area contributed by atoms with Gasteiger partial charge in [0, 0.05) is 37.4 Å². The van der Waals surface area contributed by atoms with Crippen molar-refractivity contribution in [3.05, 3.63) is 83.9 Å². The van der Waals surface area contributed by atoms with Crippen molar-refractivity contribution in [2.24, 2.45) is 5.92 Å². The van der Waals surface area contributed by atoms with E-state index >= 15 is 0 Å². The number of carbonyl (C=O) groups excluding carboxylic acids is 1. The van der Waals surface area contributed by atoms with Crippen LogP contribution in [0.4, 0.5) is 0 Å². The molecule has 0 atom stereocenters. The molecule has 4 nitrogen and oxygen atoms in total. The minimum atomic E-state index is 0.00372. The fraction of sp³-hybridized carbons (Fsp3) is 0.346. The number of aliphatic hydroxyl groups excluding tert-OH is 1. The number of hydrogen-bond acceptors (Lipinski definition) is 2. The molecular weight excluding hydrogens is 372 g/mol. The minimum Gasteiger partial charge on any atom is -0.395 e. The van der Waals surface area contributed by atoms with Gasteiger partial charge in [0.2, 0.25) is 5.91 Å². The van der Waals surface area contributed by atoms with E-state index in [1.165, 1.54) is 16.3 Å². The third-order valence-corrected chi connectivity index (χ3v) is 6.26. The second-order valence-electron chi connectivity index (χ2n) is 8.31. The zero-order valence-electron chi connectivity index (χ0n) is 17.5. The number of benzene rings is 3. The third-order valence-electron chi connectivity index (χ3n) is 6.26. The Morgan fingerprint density at radius 1 is 0.933 bits per heavy atom. The van der Waals surface area contributed by atoms with Gasteiger partial charge in [-0.25, -0.2) is 0 Å². The van der Waals surface area contributed by atoms with Crippen LogP contribution in [0, 0.1) is 5.92 Å². The summed E-state index contributed by atoms with van der Waals surface area (Å²) in [5.41, 5.74) is 2.50. The van der Waals surface area contributed by atoms with Crippen molar-refractivity contribution in [2.45, 2.75) is 25.9 Å². The molecule has 0 aromatic heterocycles. The molecule has 1 fully saturated rings. The van der Waals surface area contributed by atoms with E-state index in [0.717, 1.165) is 38.0 Å². The van der Waals surface area contributed by atoms with Crippen LogP contribution in [0.1, 0.15) is 24.0 Å². The van der Waals surface area contributed by atoms with Crippen LogP contribution in [-0.4, -0.2) is 42.2 Å². The van der Waals surface area contributed by atoms with Crippen LogP contribution < -0.4 is 4.90 Å². The number of carbonyl (C=O) groups is 1. The molecular formula is C26H31N2O2+. The number of amides is 1. The minimum absolute atomic E-state index is 0.00372. The van der Waals surface area contributed by atoms with Crippen LogP contribution in [0.2, 0.25) is 0 Å². The Hall–Kier alpha value is -2.69. The number of quaternary nitrogens is 1. The molecule has 0 spiro atoms. The Morgan fingerprint density at radius 2 is 1.63 bits per heavy atom. The summed E-state index contributed by atoms with van der Waals surface area (Å²) in [7, 11) is 0. The van der Waals surface area contributed by atoms with Crippen molar-refractivity contribution in [3.8, 4) is 0 Å². The van der Waals surface area contributed by atoms with E-state index in [9.17, 15) is 9.90 Å². The maximum Gasteiger partial charge on any atom is 0.226 e. The Bertz CT molecular complexity index is 960. The quantitative estimate of drug-likeness (QED) is 0.637. The topological polar surface area (TPSA) is 45.0 Å². The molecule has 3 aromatic rings. The number of rotatable bonds is 7. The Kier molecular flexibility index (Phi) is 6.77. The summed E-state index contributed by atoms with van der Waals surface area (Å²) in [6.45, 7) is 4.01. The van der Waals surface area contributed by atoms with Crippen LogP contribution >= 0.6 is 0 Å². The standard InChI is InChI=1S/C26H30N2O2/c29-18-17-28(19-21-7-2-1-3-8-21)26(30)23-13-15-27(16-14-23)20-24-11-6-10-22-9-4-5-12-25(22)24/h1-12,23,29H,13-20H2/p+1. The molecule has 4 rings (SSSR count). The third kappa shape index (κ3) is 4.89. The Balaban J connectivity index is 1.36. The molecule has 1 saturated heterocycles. The van der Waals surface area contributed by atoms with Crippen LogP contribution in [0.25, 0.3) is 10.8 Å². The first-order valence-electron chi connectivity index (χ1n) is 11.0. The van der Waals surface area contributed by atoms with Gasteiger partial charge in [-0.2, -0.15) is 0 Å². The summed E-state index contributed by atoms with van der Waals surface area (Å²) in [5, 5.41) is 12.1. The number of nitrogens with one attached hydrogen (secondary N) is 1. The number of fused-ring (bicyclic) bond motifs is 1. The lowest BCUT2D eigenvalue weighted by molar-refractivity contribution is -0.919. The number of piperidine rings is 1. The molecule has 30 heavy (non-hydrogen) atoms. The summed E-state index contributed by atoms with van der Waals surface area (Å²) >= 11 is 0. The summed E-state index contributed by atoms with van der Waals surface area (Å²) in [4.78, 5) is 16.5. The highest BCUT2D eigenvalue weighted by Crippen LogP contribution is 2.19. The molecule has 1 aliphatic heterocycles. The van der Waals surface area contributed by atoms with E-state index in [2.05, 4.69) is 42.5 Å². The predicted octanol–water partition coefficient (Wildman–Crippen LogP) is 2.66. The Labute approximate surface area is 178 Å². The largest absolute Gasteiger partial charge is 0.395 e. The number of likely N-dealkylation sites (tertiary alicyclic amines) is 1. The predicted molar refractivity (Wildman–Crippen MR) is 120 cm³/mol. The van der Waals surface area contributed by atoms with Crippen molar-refractivity contribution in [1.29, 1.82) is 0 Å². The lowest BCUT2D eigenvalue weighted by Crippen LogP contribution is -3.11. The van der Waals surface area contributed by atoms with Gasteiger partial charge in [-0.15, -0.1) is 0 Å². The van der Waals surface area contributed by atoms with E-state index in [1.807, 2.05) is 35.2 Å². The summed E-state index contributed by atoms with van der Waals surface area (Å²) < 4.78 is 0. The van der Waals surface area contributed by atoms with Crippen LogP contribution in [0.5, 0.6) is 0 Å². The molecule has 1 heterocycles. The molecule has 3 aromatic carbocycles. The second-order valence-corrected chi connectivity index (χ2v) is 8.31. The highest BCUT2D eigenvalue weighted by molar-refractivity contribution is 5.85. The fourth-order valence-corrected chi connectivity index (χ4v) is 4.62. The van der Waals surface area contributed by atoms with Crippen molar-refractivity contribution in [1.82, 2.24) is 4.90 Å². The molecule has 1 amide bonds. The van der Waals surface area contributed by atoms with Gasteiger partial charge in [0.05, 0.1) is 19.7 Å². The first kappa shape index (κ1) is 20.6. The van der Waals surface area contributed by atoms with Crippen LogP contribution in [0.15, 0.2) is 72.8 Å². The number of aliphatic hydroxyl groups is 1. The first-order valence-corrected chi connectivity index (χ1v) is 11.0. The van der Waals surface area contributed by atoms with Gasteiger partial charge in [-0.1, -0.05) is 72.8 Å². The molecule has 0 saturated carbocycles. The molecule has 0 radical (unpaired) electrons. The molecule has 156 valence electrons. The second kappa shape index (κ2) is 9.88. The molecule has 1 aliphatic rings. The van der Waals surface area contributed by atoms with E-state index in [1.54, 1.807) is 4.90 Å². The van der Waals surface area contributed by atoms with Crippen LogP contribution in [0.3, 0.4) is 0 Å². The lowest BCUT2D eigenvalue weighted by Gasteiger charge is -2.32. The van der Waals surface area contributed by atoms with Gasteiger partial charge < -0.3 is 14.9 Å². The number of nitrogens with zero attached hydrogens (tertiary/aromatic N) is 1. The van der Waals surface area contributed by atoms with Crippen LogP contribution in [-0.2, 0) is 17.9 Å². The van der Waals surface area contributed by atoms with Crippen molar-refractivity contribution < 1.29 is 14.8 Å². The average Bonchev–Trinajstić information content (AvgIpc) is 2.80. The van der Waals surface area contributed by atoms with E-state index < -0.39 is 0 Å². The first-order chi connectivity index (χ1) is 14.7. The normalized spacial score (nSPS) is 19.0. The van der Waals surface area contributed by atoms with Gasteiger partial charge in [-0.05, 0) is 16.3 Å². The summed E-state index contributed by atoms with van der Waals surface area (Å²) in [6.07, 6.45) is 1.82. The molecule has 0 aliphatic carbocycles. The van der Waals surface area contributed by atoms with Gasteiger partial charge >= 0.3 is 0 Å². The average molecular weight is 404 g/mol. The van der Waals surface area contributed by atoms with E-state index in [-0.39, 0.29) is 18.4 Å². The number of hydrogen-bond donors (Lipinski definition) is 2. The monoisotopic (exact) mass is 403 g/mol. The van der Waals surface area contributed by atoms with Gasteiger partial charge in [0.1, 0.15) is 6.54 Å². The smallest absolute Gasteiger partial charge is 0.226 e. The fourth-order valence-electron chi connectivity index (χ4n) is 4.62. The highest BCUT2D eigenvalue weighted by atomic mass is 16.3. The van der Waals surface area contributed by atoms with Crippen molar-refractivity contribution in [2.75, 3.05) is 26.2 Å². The lowest BCUT2D eigenvalue weighted by atomic mass is 9.94. The SMILES string of the molecule is O=C(C1CC[NH+](Cc2cccc3ccccc23)CC1)N(CCO)Cc1ccccc1. The van der Waals surface area contributed by atoms with Crippen molar-refractivity contribution in [3.63, 3.8) is 0 Å². The zero-order chi connectivity index (χ0) is 20.8. The maximum absolute atomic E-state index is 13.1. The summed E-state index contributed by atoms with van der Waals surface area (Å²) in [5.74, 6) is 0.258. The molecule has 0 bridgehead atoms. The van der Waals surface area contributed by atoms with Gasteiger partial charge in [-0.3, -0.25) is 4.79 Å². The van der Waals surface area contributed by atoms with E-state index in [0.29, 0.717) is 13.1 Å². The Morgan fingerprint density at radius 3 is 2.40 bits per heavy atom. The van der Waals surface area contributed by atoms with E-state index in [4.69, 9.17) is 0 Å². The zero-order valence-corrected chi connectivity index (χ0v) is 17.5. The molecule has 4 heteroatoms. The van der Waals surface area contributed by atoms with Crippen molar-refractivity contribution >= 4 is 16.7 Å². The molecule has 0 unspecified atom stereocenters. The van der Waals surface area contributed by atoms with Gasteiger partial charge in [0.25, 0.3) is 0 Å².